The zero-order valence-corrected chi connectivity index (χ0v) is 8.53. The van der Waals surface area contributed by atoms with E-state index in [-0.39, 0.29) is 5.97 Å². The third kappa shape index (κ3) is 7.76. The first-order valence-corrected chi connectivity index (χ1v) is 4.73. The largest absolute Gasteiger partial charge is 0.462 e. The molecular formula is C10H18O4. The molecule has 4 nitrogen and oxygen atoms in total. The van der Waals surface area contributed by atoms with E-state index >= 15 is 0 Å². The monoisotopic (exact) mass is 202 g/mol. The number of aliphatic hydroxyl groups excluding tert-OH is 1. The predicted octanol–water partition coefficient (Wildman–Crippen LogP) is 0.977. The van der Waals surface area contributed by atoms with Gasteiger partial charge in [-0.15, -0.1) is 0 Å². The van der Waals surface area contributed by atoms with Crippen LogP contribution in [0.4, 0.5) is 0 Å². The van der Waals surface area contributed by atoms with Gasteiger partial charge in [0.15, 0.2) is 6.29 Å². The normalized spacial score (nSPS) is 10.3. The Kier molecular flexibility index (Phi) is 7.06. The molecule has 4 heteroatoms. The lowest BCUT2D eigenvalue weighted by atomic mass is 10.2. The molecule has 82 valence electrons. The Morgan fingerprint density at radius 2 is 2.00 bits per heavy atom. The molecule has 0 saturated heterocycles. The second-order valence-corrected chi connectivity index (χ2v) is 3.25. The van der Waals surface area contributed by atoms with E-state index in [1.165, 1.54) is 0 Å². The van der Waals surface area contributed by atoms with Gasteiger partial charge in [0.25, 0.3) is 0 Å². The Morgan fingerprint density at radius 1 is 1.36 bits per heavy atom. The number of esters is 1. The molecular weight excluding hydrogens is 184 g/mol. The van der Waals surface area contributed by atoms with E-state index in [4.69, 9.17) is 14.9 Å². The summed E-state index contributed by atoms with van der Waals surface area (Å²) in [5, 5.41) is 17.1. The summed E-state index contributed by atoms with van der Waals surface area (Å²) in [4.78, 5) is 10.9. The number of carbonyl (C=O) groups excluding carboxylic acids is 1. The highest BCUT2D eigenvalue weighted by Gasteiger charge is 2.02. The van der Waals surface area contributed by atoms with Gasteiger partial charge in [0.2, 0.25) is 0 Å². The Bertz CT molecular complexity index is 187. The van der Waals surface area contributed by atoms with E-state index in [0.29, 0.717) is 18.6 Å². The van der Waals surface area contributed by atoms with E-state index in [1.807, 2.05) is 0 Å². The first-order valence-electron chi connectivity index (χ1n) is 4.73. The van der Waals surface area contributed by atoms with E-state index in [2.05, 4.69) is 6.58 Å². The number of aliphatic hydroxyl groups is 2. The summed E-state index contributed by atoms with van der Waals surface area (Å²) in [7, 11) is 0. The lowest BCUT2D eigenvalue weighted by molar-refractivity contribution is -0.139. The molecule has 0 aliphatic rings. The van der Waals surface area contributed by atoms with Gasteiger partial charge in [-0.2, -0.15) is 0 Å². The van der Waals surface area contributed by atoms with Gasteiger partial charge in [-0.1, -0.05) is 6.58 Å². The number of hydrogen-bond acceptors (Lipinski definition) is 4. The number of hydrogen-bond donors (Lipinski definition) is 2. The molecule has 0 heterocycles. The van der Waals surface area contributed by atoms with Crippen molar-refractivity contribution in [1.29, 1.82) is 0 Å². The summed E-state index contributed by atoms with van der Waals surface area (Å²) in [6, 6.07) is 0. The van der Waals surface area contributed by atoms with Crippen molar-refractivity contribution in [3.8, 4) is 0 Å². The molecule has 0 atom stereocenters. The molecule has 0 unspecified atom stereocenters. The van der Waals surface area contributed by atoms with E-state index < -0.39 is 6.29 Å². The van der Waals surface area contributed by atoms with E-state index in [1.54, 1.807) is 6.92 Å². The first kappa shape index (κ1) is 13.1. The summed E-state index contributed by atoms with van der Waals surface area (Å²) < 4.78 is 4.85. The number of carbonyl (C=O) groups is 1. The summed E-state index contributed by atoms with van der Waals surface area (Å²) in [6.07, 6.45) is 1.43. The summed E-state index contributed by atoms with van der Waals surface area (Å²) in [5.41, 5.74) is 0.399. The fourth-order valence-electron chi connectivity index (χ4n) is 0.894. The topological polar surface area (TPSA) is 66.8 Å². The Morgan fingerprint density at radius 3 is 2.50 bits per heavy atom. The SMILES string of the molecule is C=C(C)C(=O)OCCCCCC(O)O. The average Bonchev–Trinajstić information content (AvgIpc) is 2.09. The quantitative estimate of drug-likeness (QED) is 0.279. The van der Waals surface area contributed by atoms with Gasteiger partial charge in [-0.05, 0) is 32.6 Å². The van der Waals surface area contributed by atoms with Crippen LogP contribution in [0.25, 0.3) is 0 Å². The molecule has 0 fully saturated rings. The predicted molar refractivity (Wildman–Crippen MR) is 52.5 cm³/mol. The maximum Gasteiger partial charge on any atom is 0.333 e. The number of unbranched alkanes of at least 4 members (excludes halogenated alkanes) is 2. The minimum absolute atomic E-state index is 0.368. The van der Waals surface area contributed by atoms with Gasteiger partial charge < -0.3 is 14.9 Å². The molecule has 0 aromatic carbocycles. The van der Waals surface area contributed by atoms with Crippen molar-refractivity contribution in [3.05, 3.63) is 12.2 Å². The smallest absolute Gasteiger partial charge is 0.333 e. The number of ether oxygens (including phenoxy) is 1. The highest BCUT2D eigenvalue weighted by molar-refractivity contribution is 5.86. The minimum Gasteiger partial charge on any atom is -0.462 e. The fraction of sp³-hybridized carbons (Fsp3) is 0.700. The van der Waals surface area contributed by atoms with Crippen LogP contribution >= 0.6 is 0 Å². The molecule has 0 aromatic heterocycles. The van der Waals surface area contributed by atoms with Crippen LogP contribution in [0.15, 0.2) is 12.2 Å². The zero-order valence-electron chi connectivity index (χ0n) is 8.53. The van der Waals surface area contributed by atoms with Crippen molar-refractivity contribution in [1.82, 2.24) is 0 Å². The van der Waals surface area contributed by atoms with Crippen molar-refractivity contribution in [2.24, 2.45) is 0 Å². The van der Waals surface area contributed by atoms with Crippen molar-refractivity contribution < 1.29 is 19.7 Å². The van der Waals surface area contributed by atoms with Crippen molar-refractivity contribution in [3.63, 3.8) is 0 Å². The summed E-state index contributed by atoms with van der Waals surface area (Å²) in [6.45, 7) is 5.42. The van der Waals surface area contributed by atoms with Crippen LogP contribution in [0.3, 0.4) is 0 Å². The van der Waals surface area contributed by atoms with Crippen LogP contribution in [0, 0.1) is 0 Å². The van der Waals surface area contributed by atoms with Crippen LogP contribution in [0.2, 0.25) is 0 Å². The molecule has 0 bridgehead atoms. The van der Waals surface area contributed by atoms with Crippen molar-refractivity contribution >= 4 is 5.97 Å². The van der Waals surface area contributed by atoms with Crippen molar-refractivity contribution in [2.45, 2.75) is 38.9 Å². The molecule has 0 saturated carbocycles. The van der Waals surface area contributed by atoms with Gasteiger partial charge >= 0.3 is 5.97 Å². The van der Waals surface area contributed by atoms with Crippen LogP contribution in [0.5, 0.6) is 0 Å². The minimum atomic E-state index is -1.23. The summed E-state index contributed by atoms with van der Waals surface area (Å²) in [5.74, 6) is -0.368. The molecule has 0 amide bonds. The zero-order chi connectivity index (χ0) is 11.0. The van der Waals surface area contributed by atoms with Crippen LogP contribution < -0.4 is 0 Å². The van der Waals surface area contributed by atoms with Crippen LogP contribution in [-0.2, 0) is 9.53 Å². The summed E-state index contributed by atoms with van der Waals surface area (Å²) >= 11 is 0. The maximum absolute atomic E-state index is 10.9. The Labute approximate surface area is 84.2 Å². The molecule has 2 N–H and O–H groups in total. The van der Waals surface area contributed by atoms with Gasteiger partial charge in [-0.25, -0.2) is 4.79 Å². The highest BCUT2D eigenvalue weighted by Crippen LogP contribution is 2.03. The molecule has 0 rings (SSSR count). The van der Waals surface area contributed by atoms with Gasteiger partial charge in [0.1, 0.15) is 0 Å². The lowest BCUT2D eigenvalue weighted by Gasteiger charge is -2.04. The van der Waals surface area contributed by atoms with E-state index in [9.17, 15) is 4.79 Å². The second kappa shape index (κ2) is 7.53. The third-order valence-corrected chi connectivity index (χ3v) is 1.69. The van der Waals surface area contributed by atoms with E-state index in [0.717, 1.165) is 19.3 Å². The maximum atomic E-state index is 10.9. The average molecular weight is 202 g/mol. The molecule has 0 aliphatic heterocycles. The molecule has 0 aromatic rings. The van der Waals surface area contributed by atoms with Gasteiger partial charge in [0, 0.05) is 5.57 Å². The highest BCUT2D eigenvalue weighted by atomic mass is 16.5. The molecule has 14 heavy (non-hydrogen) atoms. The standard InChI is InChI=1S/C10H18O4/c1-8(2)10(13)14-7-5-3-4-6-9(11)12/h9,11-12H,1,3-7H2,2H3. The molecule has 0 spiro atoms. The second-order valence-electron chi connectivity index (χ2n) is 3.25. The van der Waals surface area contributed by atoms with Crippen molar-refractivity contribution in [2.75, 3.05) is 6.61 Å². The third-order valence-electron chi connectivity index (χ3n) is 1.69. The molecule has 0 radical (unpaired) electrons. The van der Waals surface area contributed by atoms with Gasteiger partial charge in [-0.3, -0.25) is 0 Å². The Balaban J connectivity index is 3.22. The number of rotatable bonds is 7. The Hall–Kier alpha value is -0.870. The van der Waals surface area contributed by atoms with Gasteiger partial charge in [0.05, 0.1) is 6.61 Å². The fourth-order valence-corrected chi connectivity index (χ4v) is 0.894. The lowest BCUT2D eigenvalue weighted by Crippen LogP contribution is -2.07. The first-order chi connectivity index (χ1) is 6.54. The van der Waals surface area contributed by atoms with Crippen LogP contribution in [-0.4, -0.2) is 29.1 Å². The molecule has 0 aliphatic carbocycles. The van der Waals surface area contributed by atoms with Crippen LogP contribution in [0.1, 0.15) is 32.6 Å².